The Morgan fingerprint density at radius 3 is 2.45 bits per heavy atom. The van der Waals surface area contributed by atoms with Crippen LogP contribution in [0.5, 0.6) is 5.75 Å². The van der Waals surface area contributed by atoms with Crippen molar-refractivity contribution in [1.82, 2.24) is 14.8 Å². The maximum Gasteiger partial charge on any atom is 0.344 e. The Kier molecular flexibility index (Phi) is 9.12. The first-order valence-corrected chi connectivity index (χ1v) is 20.8. The van der Waals surface area contributed by atoms with Gasteiger partial charge in [0, 0.05) is 83.9 Å². The quantitative estimate of drug-likeness (QED) is 0.155. The van der Waals surface area contributed by atoms with Crippen molar-refractivity contribution in [3.8, 4) is 5.75 Å². The van der Waals surface area contributed by atoms with Crippen molar-refractivity contribution < 1.29 is 43.5 Å². The number of aromatic nitrogens is 1. The molecule has 3 unspecified atom stereocenters. The van der Waals surface area contributed by atoms with Crippen molar-refractivity contribution in [1.29, 1.82) is 0 Å². The van der Waals surface area contributed by atoms with Crippen molar-refractivity contribution in [3.63, 3.8) is 0 Å². The van der Waals surface area contributed by atoms with Crippen LogP contribution in [0.1, 0.15) is 75.3 Å². The van der Waals surface area contributed by atoms with Crippen LogP contribution >= 0.6 is 0 Å². The molecule has 310 valence electrons. The highest BCUT2D eigenvalue weighted by molar-refractivity contribution is 5.95. The number of benzene rings is 2. The Bertz CT molecular complexity index is 2220. The lowest BCUT2D eigenvalue weighted by Gasteiger charge is -2.62. The molecule has 10 atom stereocenters. The van der Waals surface area contributed by atoms with E-state index in [1.54, 1.807) is 7.11 Å². The number of nitrogens with zero attached hydrogens (tertiary/aromatic N) is 2. The molecule has 1 aliphatic carbocycles. The van der Waals surface area contributed by atoms with Gasteiger partial charge in [-0.3, -0.25) is 19.4 Å². The second-order valence-corrected chi connectivity index (χ2v) is 17.8. The molecule has 4 N–H and O–H groups in total. The fourth-order valence-corrected chi connectivity index (χ4v) is 13.0. The third kappa shape index (κ3) is 5.05. The van der Waals surface area contributed by atoms with Crippen LogP contribution in [0.4, 0.5) is 5.69 Å². The van der Waals surface area contributed by atoms with E-state index in [9.17, 15) is 19.8 Å². The van der Waals surface area contributed by atoms with Crippen molar-refractivity contribution in [2.75, 3.05) is 59.4 Å². The zero-order chi connectivity index (χ0) is 41.0. The monoisotopic (exact) mass is 796 g/mol. The predicted octanol–water partition coefficient (Wildman–Crippen LogP) is 3.97. The number of hydrogen-bond acceptors (Lipinski definition) is 12. The number of H-pyrrole nitrogens is 1. The van der Waals surface area contributed by atoms with Gasteiger partial charge in [-0.1, -0.05) is 44.2 Å². The molecule has 0 amide bonds. The number of piperidine rings is 1. The number of carbonyl (C=O) groups is 3. The third-order valence-electron chi connectivity index (χ3n) is 15.2. The number of aliphatic hydroxyl groups is 2. The lowest BCUT2D eigenvalue weighted by Crippen LogP contribution is -2.80. The number of hydrogen-bond donors (Lipinski definition) is 4. The molecule has 1 spiro atoms. The normalized spacial score (nSPS) is 37.2. The minimum Gasteiger partial charge on any atom is -0.496 e. The van der Waals surface area contributed by atoms with E-state index in [1.165, 1.54) is 21.1 Å². The second kappa shape index (κ2) is 13.6. The summed E-state index contributed by atoms with van der Waals surface area (Å²) in [5, 5.41) is 29.7. The van der Waals surface area contributed by atoms with Gasteiger partial charge in [0.1, 0.15) is 11.2 Å². The maximum atomic E-state index is 15.3. The van der Waals surface area contributed by atoms with Crippen LogP contribution in [0.15, 0.2) is 48.6 Å². The van der Waals surface area contributed by atoms with Gasteiger partial charge in [-0.2, -0.15) is 0 Å². The van der Waals surface area contributed by atoms with Gasteiger partial charge in [0.25, 0.3) is 0 Å². The molecular formula is C45H56N4O9. The standard InChI is InChI=1S/C45H56N4O9/c1-7-41(53)22-27-23-44(39(51)56-5,35-29(14-18-48(24-27)25-41)28-12-9-10-13-32(28)46-35)31-20-30-33(21-34(31)55-4)47-36-43(30)16-19-49-17-11-15-42(8-2,37(43)49)38(58-26(3)50)45(36,54)40(52)57-6/h9-13,15,20-21,27,36-38,46-47,53-54H,7-8,14,16-19,22-25H2,1-6H3/t27?,36-,37?,38-,41+,42-,43+,44+,45+/m1/s1. The van der Waals surface area contributed by atoms with Gasteiger partial charge in [-0.05, 0) is 74.2 Å². The van der Waals surface area contributed by atoms with Crippen molar-refractivity contribution in [2.24, 2.45) is 11.3 Å². The van der Waals surface area contributed by atoms with Crippen molar-refractivity contribution >= 4 is 34.5 Å². The summed E-state index contributed by atoms with van der Waals surface area (Å²) in [5.41, 5.74) is -1.78. The van der Waals surface area contributed by atoms with E-state index >= 15 is 4.79 Å². The summed E-state index contributed by atoms with van der Waals surface area (Å²) in [4.78, 5) is 50.9. The summed E-state index contributed by atoms with van der Waals surface area (Å²) < 4.78 is 23.7. The lowest BCUT2D eigenvalue weighted by atomic mass is 9.47. The van der Waals surface area contributed by atoms with Gasteiger partial charge in [-0.15, -0.1) is 0 Å². The molecule has 1 saturated carbocycles. The number of esters is 3. The van der Waals surface area contributed by atoms with E-state index in [1.807, 2.05) is 50.3 Å². The van der Waals surface area contributed by atoms with E-state index in [2.05, 4.69) is 32.2 Å². The first kappa shape index (κ1) is 39.1. The second-order valence-electron chi connectivity index (χ2n) is 17.8. The number of aromatic amines is 1. The average molecular weight is 797 g/mol. The number of nitrogens with one attached hydrogen (secondary N) is 2. The number of rotatable bonds is 7. The molecule has 58 heavy (non-hydrogen) atoms. The molecule has 6 aliphatic rings. The van der Waals surface area contributed by atoms with Gasteiger partial charge in [0.05, 0.1) is 33.0 Å². The van der Waals surface area contributed by atoms with Gasteiger partial charge in [0.15, 0.2) is 6.10 Å². The summed E-state index contributed by atoms with van der Waals surface area (Å²) >= 11 is 0. The SMILES string of the molecule is CC[C@]1(O)CC2CN(CCc3c([nH]c4ccccc34)[C@@](C(=O)OC)(c3cc4c(cc3OC)N[C@H]3[C@@](O)(C(=O)OC)[C@H](OC(C)=O)[C@]5(CC)C=CCN6CC[C@]43C65)C2)C1. The molecule has 2 saturated heterocycles. The molecule has 9 rings (SSSR count). The highest BCUT2D eigenvalue weighted by Gasteiger charge is 2.79. The molecule has 2 bridgehead atoms. The molecule has 6 heterocycles. The molecule has 0 radical (unpaired) electrons. The molecule has 13 nitrogen and oxygen atoms in total. The molecule has 3 aromatic rings. The Balaban J connectivity index is 1.34. The molecule has 1 aromatic heterocycles. The van der Waals surface area contributed by atoms with Crippen LogP contribution in [0.3, 0.4) is 0 Å². The summed E-state index contributed by atoms with van der Waals surface area (Å²) in [7, 11) is 4.25. The number of methoxy groups -OCH3 is 3. The van der Waals surface area contributed by atoms with Gasteiger partial charge >= 0.3 is 17.9 Å². The van der Waals surface area contributed by atoms with E-state index in [0.29, 0.717) is 88.2 Å². The van der Waals surface area contributed by atoms with Gasteiger partial charge in [0.2, 0.25) is 5.60 Å². The third-order valence-corrected chi connectivity index (χ3v) is 15.2. The Morgan fingerprint density at radius 2 is 1.74 bits per heavy atom. The van der Waals surface area contributed by atoms with Crippen LogP contribution in [0.2, 0.25) is 0 Å². The fraction of sp³-hybridized carbons (Fsp3) is 0.578. The smallest absolute Gasteiger partial charge is 0.344 e. The van der Waals surface area contributed by atoms with Gasteiger partial charge in [-0.25, -0.2) is 4.79 Å². The van der Waals surface area contributed by atoms with Crippen LogP contribution in [-0.2, 0) is 45.8 Å². The molecule has 5 aliphatic heterocycles. The number of anilines is 1. The van der Waals surface area contributed by atoms with E-state index < -0.39 is 57.5 Å². The summed E-state index contributed by atoms with van der Waals surface area (Å²) in [5.74, 6) is -1.61. The van der Waals surface area contributed by atoms with Crippen LogP contribution in [0.25, 0.3) is 10.9 Å². The lowest BCUT2D eigenvalue weighted by molar-refractivity contribution is -0.226. The minimum atomic E-state index is -2.31. The number of ether oxygens (including phenoxy) is 4. The molecule has 13 heteroatoms. The predicted molar refractivity (Wildman–Crippen MR) is 216 cm³/mol. The zero-order valence-corrected chi connectivity index (χ0v) is 34.4. The Hall–Kier alpha value is -4.43. The van der Waals surface area contributed by atoms with Gasteiger partial charge < -0.3 is 39.5 Å². The highest BCUT2D eigenvalue weighted by Crippen LogP contribution is 2.67. The number of fused-ring (bicyclic) bond motifs is 6. The van der Waals surface area contributed by atoms with E-state index in [4.69, 9.17) is 18.9 Å². The largest absolute Gasteiger partial charge is 0.496 e. The number of para-hydroxylation sites is 1. The topological polar surface area (TPSA) is 163 Å². The highest BCUT2D eigenvalue weighted by atomic mass is 16.6. The van der Waals surface area contributed by atoms with Crippen LogP contribution in [0, 0.1) is 11.3 Å². The summed E-state index contributed by atoms with van der Waals surface area (Å²) in [6, 6.07) is 10.8. The molecule has 3 fully saturated rings. The van der Waals surface area contributed by atoms with Crippen molar-refractivity contribution in [3.05, 3.63) is 70.9 Å². The minimum absolute atomic E-state index is 0.0982. The summed E-state index contributed by atoms with van der Waals surface area (Å²) in [6.45, 7) is 8.59. The summed E-state index contributed by atoms with van der Waals surface area (Å²) in [6.07, 6.45) is 5.90. The van der Waals surface area contributed by atoms with Crippen LogP contribution < -0.4 is 10.1 Å². The fourth-order valence-electron chi connectivity index (χ4n) is 13.0. The maximum absolute atomic E-state index is 15.3. The first-order chi connectivity index (χ1) is 27.8. The Labute approximate surface area is 339 Å². The zero-order valence-electron chi connectivity index (χ0n) is 34.4. The molecular weight excluding hydrogens is 741 g/mol. The molecule has 2 aromatic carbocycles. The van der Waals surface area contributed by atoms with E-state index in [0.717, 1.165) is 27.7 Å². The van der Waals surface area contributed by atoms with Crippen molar-refractivity contribution in [2.45, 2.75) is 99.5 Å². The number of carbonyl (C=O) groups excluding carboxylic acids is 3. The van der Waals surface area contributed by atoms with Crippen LogP contribution in [-0.4, -0.2) is 126 Å². The van der Waals surface area contributed by atoms with E-state index in [-0.39, 0.29) is 12.0 Å². The Morgan fingerprint density at radius 1 is 0.966 bits per heavy atom. The average Bonchev–Trinajstić information content (AvgIpc) is 3.92. The first-order valence-electron chi connectivity index (χ1n) is 20.8.